The highest BCUT2D eigenvalue weighted by molar-refractivity contribution is 6.12. The number of Topliss-reactive ketones (excluding diaryl/α,β-unsaturated/α-hetero) is 1. The van der Waals surface area contributed by atoms with Gasteiger partial charge in [-0.2, -0.15) is 4.98 Å². The van der Waals surface area contributed by atoms with Crippen molar-refractivity contribution < 1.29 is 19.1 Å². The molecule has 2 heterocycles. The van der Waals surface area contributed by atoms with Crippen LogP contribution in [0.15, 0.2) is 6.20 Å². The van der Waals surface area contributed by atoms with Gasteiger partial charge in [0.25, 0.3) is 0 Å². The summed E-state index contributed by atoms with van der Waals surface area (Å²) in [6.07, 6.45) is 1.40. The molecule has 0 bridgehead atoms. The lowest BCUT2D eigenvalue weighted by Gasteiger charge is -2.31. The summed E-state index contributed by atoms with van der Waals surface area (Å²) < 4.78 is 9.92. The van der Waals surface area contributed by atoms with Crippen molar-refractivity contribution in [3.8, 4) is 6.01 Å². The number of rotatable bonds is 4. The van der Waals surface area contributed by atoms with Crippen LogP contribution in [0, 0.1) is 5.92 Å². The van der Waals surface area contributed by atoms with Crippen molar-refractivity contribution in [1.29, 1.82) is 0 Å². The third-order valence-corrected chi connectivity index (χ3v) is 3.17. The Hall–Kier alpha value is -2.18. The average Bonchev–Trinajstić information content (AvgIpc) is 2.47. The number of esters is 1. The summed E-state index contributed by atoms with van der Waals surface area (Å²) in [5, 5.41) is 0. The number of nitrogens with zero attached hydrogens (tertiary/aromatic N) is 3. The summed E-state index contributed by atoms with van der Waals surface area (Å²) >= 11 is 0. The Morgan fingerprint density at radius 1 is 1.50 bits per heavy atom. The third kappa shape index (κ3) is 2.43. The Morgan fingerprint density at radius 2 is 2.25 bits per heavy atom. The minimum Gasteiger partial charge on any atom is -0.467 e. The zero-order valence-corrected chi connectivity index (χ0v) is 11.8. The minimum absolute atomic E-state index is 0.199. The van der Waals surface area contributed by atoms with Gasteiger partial charge in [0.05, 0.1) is 19.3 Å². The zero-order chi connectivity index (χ0) is 14.7. The average molecular weight is 279 g/mol. The molecule has 0 fully saturated rings. The summed E-state index contributed by atoms with van der Waals surface area (Å²) in [6, 6.07) is 0.199. The van der Waals surface area contributed by atoms with Gasteiger partial charge in [-0.1, -0.05) is 0 Å². The van der Waals surface area contributed by atoms with Gasteiger partial charge in [-0.05, 0) is 13.8 Å². The topological polar surface area (TPSA) is 81.6 Å². The molecule has 7 nitrogen and oxygen atoms in total. The second kappa shape index (κ2) is 5.85. The smallest absolute Gasteiger partial charge is 0.318 e. The SMILES string of the molecule is CCOC(=O)C1CN(CC)c2nc(OC)ncc2C1=O. The number of hydrogen-bond acceptors (Lipinski definition) is 7. The lowest BCUT2D eigenvalue weighted by Crippen LogP contribution is -2.44. The molecule has 1 aliphatic heterocycles. The van der Waals surface area contributed by atoms with Crippen molar-refractivity contribution in [2.45, 2.75) is 13.8 Å². The lowest BCUT2D eigenvalue weighted by atomic mass is 9.94. The first-order valence-corrected chi connectivity index (χ1v) is 6.49. The van der Waals surface area contributed by atoms with Crippen molar-refractivity contribution in [1.82, 2.24) is 9.97 Å². The molecule has 0 radical (unpaired) electrons. The van der Waals surface area contributed by atoms with Crippen molar-refractivity contribution in [3.05, 3.63) is 11.8 Å². The quantitative estimate of drug-likeness (QED) is 0.592. The standard InChI is InChI=1S/C13H17N3O4/c1-4-16-7-9(12(18)20-5-2)10(17)8-6-14-13(19-3)15-11(8)16/h6,9H,4-5,7H2,1-3H3. The number of ketones is 1. The highest BCUT2D eigenvalue weighted by atomic mass is 16.5. The Balaban J connectivity index is 2.39. The number of ether oxygens (including phenoxy) is 2. The molecule has 0 saturated heterocycles. The van der Waals surface area contributed by atoms with Gasteiger partial charge in [0.15, 0.2) is 5.78 Å². The number of carbonyl (C=O) groups is 2. The predicted octanol–water partition coefficient (Wildman–Crippen LogP) is 0.687. The second-order valence-electron chi connectivity index (χ2n) is 4.30. The number of hydrogen-bond donors (Lipinski definition) is 0. The molecule has 20 heavy (non-hydrogen) atoms. The molecule has 1 aromatic rings. The van der Waals surface area contributed by atoms with E-state index in [2.05, 4.69) is 9.97 Å². The highest BCUT2D eigenvalue weighted by Crippen LogP contribution is 2.29. The van der Waals surface area contributed by atoms with Crippen LogP contribution in [0.1, 0.15) is 24.2 Å². The normalized spacial score (nSPS) is 17.6. The Kier molecular flexibility index (Phi) is 4.16. The van der Waals surface area contributed by atoms with Crippen LogP contribution in [0.25, 0.3) is 0 Å². The van der Waals surface area contributed by atoms with Gasteiger partial charge in [-0.3, -0.25) is 9.59 Å². The largest absolute Gasteiger partial charge is 0.467 e. The van der Waals surface area contributed by atoms with Crippen LogP contribution >= 0.6 is 0 Å². The van der Waals surface area contributed by atoms with E-state index in [9.17, 15) is 9.59 Å². The monoisotopic (exact) mass is 279 g/mol. The van der Waals surface area contributed by atoms with Crippen LogP contribution < -0.4 is 9.64 Å². The van der Waals surface area contributed by atoms with E-state index in [0.29, 0.717) is 17.9 Å². The molecule has 1 aromatic heterocycles. The van der Waals surface area contributed by atoms with E-state index < -0.39 is 11.9 Å². The van der Waals surface area contributed by atoms with E-state index in [1.165, 1.54) is 13.3 Å². The summed E-state index contributed by atoms with van der Waals surface area (Å²) in [4.78, 5) is 34.2. The first-order chi connectivity index (χ1) is 9.62. The number of carbonyl (C=O) groups excluding carboxylic acids is 2. The molecule has 1 aliphatic rings. The second-order valence-corrected chi connectivity index (χ2v) is 4.30. The molecule has 0 aromatic carbocycles. The minimum atomic E-state index is -0.820. The van der Waals surface area contributed by atoms with Gasteiger partial charge >= 0.3 is 12.0 Å². The molecule has 1 unspecified atom stereocenters. The number of methoxy groups -OCH3 is 1. The van der Waals surface area contributed by atoms with Crippen molar-refractivity contribution in [2.24, 2.45) is 5.92 Å². The Morgan fingerprint density at radius 3 is 2.85 bits per heavy atom. The molecule has 0 saturated carbocycles. The van der Waals surface area contributed by atoms with Crippen LogP contribution in [-0.2, 0) is 9.53 Å². The number of anilines is 1. The maximum atomic E-state index is 12.3. The summed E-state index contributed by atoms with van der Waals surface area (Å²) in [5.74, 6) is -1.12. The van der Waals surface area contributed by atoms with Gasteiger partial charge in [-0.15, -0.1) is 0 Å². The van der Waals surface area contributed by atoms with Crippen LogP contribution in [0.5, 0.6) is 6.01 Å². The van der Waals surface area contributed by atoms with Crippen molar-refractivity contribution >= 4 is 17.6 Å². The molecule has 0 aliphatic carbocycles. The van der Waals surface area contributed by atoms with Gasteiger partial charge in [0, 0.05) is 19.3 Å². The predicted molar refractivity (Wildman–Crippen MR) is 70.9 cm³/mol. The van der Waals surface area contributed by atoms with Crippen LogP contribution in [-0.4, -0.2) is 48.5 Å². The van der Waals surface area contributed by atoms with Gasteiger partial charge < -0.3 is 14.4 Å². The maximum absolute atomic E-state index is 12.3. The van der Waals surface area contributed by atoms with Gasteiger partial charge in [0.2, 0.25) is 0 Å². The summed E-state index contributed by atoms with van der Waals surface area (Å²) in [6.45, 7) is 4.78. The number of fused-ring (bicyclic) bond motifs is 1. The molecule has 2 rings (SSSR count). The molecule has 7 heteroatoms. The summed E-state index contributed by atoms with van der Waals surface area (Å²) in [7, 11) is 1.46. The first kappa shape index (κ1) is 14.2. The molecule has 1 atom stereocenters. The molecule has 0 spiro atoms. The van der Waals surface area contributed by atoms with E-state index in [0.717, 1.165) is 0 Å². The zero-order valence-electron chi connectivity index (χ0n) is 11.8. The third-order valence-electron chi connectivity index (χ3n) is 3.17. The van der Waals surface area contributed by atoms with Crippen LogP contribution in [0.4, 0.5) is 5.82 Å². The van der Waals surface area contributed by atoms with Gasteiger partial charge in [0.1, 0.15) is 11.7 Å². The van der Waals surface area contributed by atoms with Crippen molar-refractivity contribution in [3.63, 3.8) is 0 Å². The van der Waals surface area contributed by atoms with Crippen LogP contribution in [0.3, 0.4) is 0 Å². The van der Waals surface area contributed by atoms with E-state index in [-0.39, 0.29) is 24.9 Å². The Labute approximate surface area is 116 Å². The van der Waals surface area contributed by atoms with E-state index in [4.69, 9.17) is 9.47 Å². The fraction of sp³-hybridized carbons (Fsp3) is 0.538. The molecular weight excluding hydrogens is 262 g/mol. The number of aromatic nitrogens is 2. The fourth-order valence-electron chi connectivity index (χ4n) is 2.15. The maximum Gasteiger partial charge on any atom is 0.318 e. The van der Waals surface area contributed by atoms with E-state index in [1.54, 1.807) is 6.92 Å². The first-order valence-electron chi connectivity index (χ1n) is 6.49. The highest BCUT2D eigenvalue weighted by Gasteiger charge is 2.38. The molecular formula is C13H17N3O4. The van der Waals surface area contributed by atoms with Crippen LogP contribution in [0.2, 0.25) is 0 Å². The molecule has 0 amide bonds. The van der Waals surface area contributed by atoms with Crippen molar-refractivity contribution in [2.75, 3.05) is 31.7 Å². The van der Waals surface area contributed by atoms with E-state index >= 15 is 0 Å². The van der Waals surface area contributed by atoms with E-state index in [1.807, 2.05) is 11.8 Å². The lowest BCUT2D eigenvalue weighted by molar-refractivity contribution is -0.145. The van der Waals surface area contributed by atoms with Gasteiger partial charge in [-0.25, -0.2) is 4.98 Å². The Bertz CT molecular complexity index is 532. The fourth-order valence-corrected chi connectivity index (χ4v) is 2.15. The molecule has 108 valence electrons. The molecule has 0 N–H and O–H groups in total. The summed E-state index contributed by atoms with van der Waals surface area (Å²) in [5.41, 5.74) is 0.331.